The van der Waals surface area contributed by atoms with E-state index < -0.39 is 0 Å². The molecular formula is C20H19ClN2O2. The van der Waals surface area contributed by atoms with Crippen molar-refractivity contribution in [2.75, 3.05) is 19.8 Å². The number of likely N-dealkylation sites (tertiary alicyclic amines) is 1. The first-order valence-corrected chi connectivity index (χ1v) is 8.94. The van der Waals surface area contributed by atoms with Gasteiger partial charge in [-0.05, 0) is 48.6 Å². The molecule has 0 saturated carbocycles. The quantitative estimate of drug-likeness (QED) is 0.788. The molecule has 1 saturated heterocycles. The van der Waals surface area contributed by atoms with Crippen LogP contribution in [0.25, 0.3) is 0 Å². The summed E-state index contributed by atoms with van der Waals surface area (Å²) in [6, 6.07) is 15.1. The highest BCUT2D eigenvalue weighted by atomic mass is 35.5. The molecule has 2 aliphatic heterocycles. The van der Waals surface area contributed by atoms with Crippen LogP contribution in [0.4, 0.5) is 0 Å². The molecule has 0 spiro atoms. The summed E-state index contributed by atoms with van der Waals surface area (Å²) in [5.74, 6) is 0.150. The van der Waals surface area contributed by atoms with Gasteiger partial charge in [-0.25, -0.2) is 0 Å². The van der Waals surface area contributed by atoms with Gasteiger partial charge in [0.1, 0.15) is 0 Å². The Bertz CT molecular complexity index is 776. The Morgan fingerprint density at radius 2 is 1.44 bits per heavy atom. The normalized spacial score (nSPS) is 18.7. The largest absolute Gasteiger partial charge is 0.286 e. The zero-order valence-electron chi connectivity index (χ0n) is 13.8. The zero-order valence-corrected chi connectivity index (χ0v) is 14.6. The Morgan fingerprint density at radius 3 is 2.00 bits per heavy atom. The van der Waals surface area contributed by atoms with Crippen LogP contribution < -0.4 is 0 Å². The van der Waals surface area contributed by atoms with E-state index in [1.165, 1.54) is 10.5 Å². The van der Waals surface area contributed by atoms with Crippen LogP contribution in [0.5, 0.6) is 0 Å². The average molecular weight is 355 g/mol. The van der Waals surface area contributed by atoms with E-state index in [2.05, 4.69) is 17.0 Å². The number of nitrogens with zero attached hydrogens (tertiary/aromatic N) is 2. The number of piperidine rings is 1. The van der Waals surface area contributed by atoms with Crippen LogP contribution in [0, 0.1) is 0 Å². The van der Waals surface area contributed by atoms with Crippen LogP contribution in [0.15, 0.2) is 48.5 Å². The molecule has 1 fully saturated rings. The number of hydrogen-bond acceptors (Lipinski definition) is 3. The highest BCUT2D eigenvalue weighted by molar-refractivity contribution is 6.30. The van der Waals surface area contributed by atoms with E-state index in [0.29, 0.717) is 23.7 Å². The van der Waals surface area contributed by atoms with Gasteiger partial charge in [-0.3, -0.25) is 19.4 Å². The Hall–Kier alpha value is -2.17. The molecule has 0 bridgehead atoms. The van der Waals surface area contributed by atoms with E-state index in [1.807, 2.05) is 12.1 Å². The monoisotopic (exact) mass is 354 g/mol. The molecule has 2 aromatic rings. The summed E-state index contributed by atoms with van der Waals surface area (Å²) in [5, 5.41) is 0.756. The van der Waals surface area contributed by atoms with Crippen molar-refractivity contribution in [3.05, 3.63) is 70.2 Å². The second kappa shape index (κ2) is 6.62. The molecular weight excluding hydrogens is 336 g/mol. The van der Waals surface area contributed by atoms with Crippen LogP contribution in [0.3, 0.4) is 0 Å². The first-order chi connectivity index (χ1) is 12.1. The van der Waals surface area contributed by atoms with E-state index in [9.17, 15) is 9.59 Å². The fourth-order valence-corrected chi connectivity index (χ4v) is 3.84. The van der Waals surface area contributed by atoms with Crippen LogP contribution in [-0.4, -0.2) is 41.4 Å². The number of carbonyl (C=O) groups excluding carboxylic acids is 2. The van der Waals surface area contributed by atoms with Crippen LogP contribution >= 0.6 is 11.6 Å². The van der Waals surface area contributed by atoms with Crippen LogP contribution in [-0.2, 0) is 0 Å². The second-order valence-corrected chi connectivity index (χ2v) is 7.11. The van der Waals surface area contributed by atoms with Crippen molar-refractivity contribution in [2.45, 2.75) is 18.8 Å². The van der Waals surface area contributed by atoms with E-state index in [-0.39, 0.29) is 11.8 Å². The lowest BCUT2D eigenvalue weighted by Gasteiger charge is -2.34. The Morgan fingerprint density at radius 1 is 0.880 bits per heavy atom. The third-order valence-electron chi connectivity index (χ3n) is 5.15. The van der Waals surface area contributed by atoms with E-state index in [1.54, 1.807) is 24.3 Å². The predicted molar refractivity (Wildman–Crippen MR) is 96.8 cm³/mol. The summed E-state index contributed by atoms with van der Waals surface area (Å²) in [7, 11) is 0. The Balaban J connectivity index is 1.39. The topological polar surface area (TPSA) is 40.6 Å². The summed E-state index contributed by atoms with van der Waals surface area (Å²) in [5.41, 5.74) is 2.34. The minimum absolute atomic E-state index is 0.180. The number of rotatable bonds is 3. The number of benzene rings is 2. The zero-order chi connectivity index (χ0) is 17.4. The molecule has 4 rings (SSSR count). The van der Waals surface area contributed by atoms with E-state index in [0.717, 1.165) is 31.0 Å². The van der Waals surface area contributed by atoms with Crippen molar-refractivity contribution in [1.29, 1.82) is 0 Å². The number of carbonyl (C=O) groups is 2. The first-order valence-electron chi connectivity index (χ1n) is 8.56. The molecule has 2 amide bonds. The Kier molecular flexibility index (Phi) is 4.32. The predicted octanol–water partition coefficient (Wildman–Crippen LogP) is 3.77. The van der Waals surface area contributed by atoms with Gasteiger partial charge in [-0.15, -0.1) is 0 Å². The molecule has 0 atom stereocenters. The van der Waals surface area contributed by atoms with Gasteiger partial charge < -0.3 is 0 Å². The molecule has 5 heteroatoms. The number of fused-ring (bicyclic) bond motifs is 1. The summed E-state index contributed by atoms with van der Waals surface area (Å²) < 4.78 is 0. The molecule has 2 aliphatic rings. The standard InChI is InChI=1S/C20H19ClN2O2/c21-16-7-5-14(6-8-16)15-9-11-22(12-10-15)13-23-19(24)17-3-1-2-4-18(17)20(23)25/h1-8,15H,9-13H2. The molecule has 0 N–H and O–H groups in total. The van der Waals surface area contributed by atoms with Crippen LogP contribution in [0.2, 0.25) is 5.02 Å². The second-order valence-electron chi connectivity index (χ2n) is 6.67. The summed E-state index contributed by atoms with van der Waals surface area (Å²) in [6.07, 6.45) is 2.04. The fourth-order valence-electron chi connectivity index (χ4n) is 3.71. The molecule has 0 aliphatic carbocycles. The number of hydrogen-bond donors (Lipinski definition) is 0. The van der Waals surface area contributed by atoms with Crippen molar-refractivity contribution < 1.29 is 9.59 Å². The van der Waals surface area contributed by atoms with Crippen LogP contribution in [0.1, 0.15) is 45.0 Å². The molecule has 2 aromatic carbocycles. The Labute approximate surface area is 152 Å². The third-order valence-corrected chi connectivity index (χ3v) is 5.40. The minimum Gasteiger partial charge on any atom is -0.286 e. The molecule has 0 radical (unpaired) electrons. The van der Waals surface area contributed by atoms with Gasteiger partial charge in [0, 0.05) is 18.1 Å². The maximum atomic E-state index is 12.5. The maximum absolute atomic E-state index is 12.5. The summed E-state index contributed by atoms with van der Waals surface area (Å²) in [6.45, 7) is 2.13. The van der Waals surface area contributed by atoms with Gasteiger partial charge in [0.15, 0.2) is 0 Å². The SMILES string of the molecule is O=C1c2ccccc2C(=O)N1CN1CCC(c2ccc(Cl)cc2)CC1. The van der Waals surface area contributed by atoms with Gasteiger partial charge in [-0.2, -0.15) is 0 Å². The lowest BCUT2D eigenvalue weighted by Crippen LogP contribution is -2.44. The molecule has 0 unspecified atom stereocenters. The molecule has 4 nitrogen and oxygen atoms in total. The maximum Gasteiger partial charge on any atom is 0.262 e. The number of halogens is 1. The number of amides is 2. The van der Waals surface area contributed by atoms with Crippen molar-refractivity contribution >= 4 is 23.4 Å². The minimum atomic E-state index is -0.180. The van der Waals surface area contributed by atoms with Crippen molar-refractivity contribution in [1.82, 2.24) is 9.80 Å². The van der Waals surface area contributed by atoms with E-state index in [4.69, 9.17) is 11.6 Å². The third kappa shape index (κ3) is 3.08. The summed E-state index contributed by atoms with van der Waals surface area (Å²) >= 11 is 5.96. The molecule has 25 heavy (non-hydrogen) atoms. The van der Waals surface area contributed by atoms with Crippen molar-refractivity contribution in [3.63, 3.8) is 0 Å². The molecule has 0 aromatic heterocycles. The van der Waals surface area contributed by atoms with Gasteiger partial charge in [0.05, 0.1) is 17.8 Å². The lowest BCUT2D eigenvalue weighted by atomic mass is 9.90. The van der Waals surface area contributed by atoms with Crippen molar-refractivity contribution in [3.8, 4) is 0 Å². The average Bonchev–Trinajstić information content (AvgIpc) is 2.88. The number of imide groups is 1. The van der Waals surface area contributed by atoms with Gasteiger partial charge in [-0.1, -0.05) is 35.9 Å². The fraction of sp³-hybridized carbons (Fsp3) is 0.300. The van der Waals surface area contributed by atoms with Crippen molar-refractivity contribution in [2.24, 2.45) is 0 Å². The van der Waals surface area contributed by atoms with Gasteiger partial charge >= 0.3 is 0 Å². The smallest absolute Gasteiger partial charge is 0.262 e. The van der Waals surface area contributed by atoms with Gasteiger partial charge in [0.25, 0.3) is 11.8 Å². The lowest BCUT2D eigenvalue weighted by molar-refractivity contribution is 0.0511. The van der Waals surface area contributed by atoms with E-state index >= 15 is 0 Å². The summed E-state index contributed by atoms with van der Waals surface area (Å²) in [4.78, 5) is 28.5. The highest BCUT2D eigenvalue weighted by Gasteiger charge is 2.36. The first kappa shape index (κ1) is 16.3. The van der Waals surface area contributed by atoms with Gasteiger partial charge in [0.2, 0.25) is 0 Å². The molecule has 128 valence electrons. The molecule has 2 heterocycles. The highest BCUT2D eigenvalue weighted by Crippen LogP contribution is 2.30.